The van der Waals surface area contributed by atoms with E-state index in [9.17, 15) is 0 Å². The van der Waals surface area contributed by atoms with Gasteiger partial charge in [-0.15, -0.1) is 0 Å². The number of benzene rings is 1. The molecule has 0 saturated carbocycles. The lowest BCUT2D eigenvalue weighted by Gasteiger charge is -2.09. The summed E-state index contributed by atoms with van der Waals surface area (Å²) in [6, 6.07) is 6.08. The fraction of sp³-hybridized carbons (Fsp3) is 0.364. The van der Waals surface area contributed by atoms with Crippen LogP contribution in [0.25, 0.3) is 0 Å². The van der Waals surface area contributed by atoms with E-state index in [1.807, 2.05) is 32.9 Å². The lowest BCUT2D eigenvalue weighted by Crippen LogP contribution is -2.06. The van der Waals surface area contributed by atoms with Crippen LogP contribution in [-0.4, -0.2) is 0 Å². The molecule has 0 saturated heterocycles. The number of aryl methyl sites for hydroxylation is 1. The van der Waals surface area contributed by atoms with Crippen LogP contribution in [0.2, 0.25) is 0 Å². The number of hydrogen-bond acceptors (Lipinski definition) is 2. The molecule has 1 unspecified atom stereocenters. The molecule has 0 heterocycles. The smallest absolute Gasteiger partial charge is 0.0994 e. The molecule has 1 aromatic carbocycles. The van der Waals surface area contributed by atoms with Crippen molar-refractivity contribution in [2.24, 2.45) is 5.73 Å². The van der Waals surface area contributed by atoms with Crippen LogP contribution >= 0.6 is 0 Å². The molecule has 0 spiro atoms. The maximum absolute atomic E-state index is 8.86. The lowest BCUT2D eigenvalue weighted by atomic mass is 9.97. The van der Waals surface area contributed by atoms with Crippen molar-refractivity contribution in [1.29, 1.82) is 5.26 Å². The van der Waals surface area contributed by atoms with E-state index in [1.54, 1.807) is 0 Å². The number of nitriles is 1. The van der Waals surface area contributed by atoms with Crippen LogP contribution in [0.5, 0.6) is 0 Å². The van der Waals surface area contributed by atoms with E-state index in [0.717, 1.165) is 22.3 Å². The summed E-state index contributed by atoms with van der Waals surface area (Å²) in [5, 5.41) is 8.86. The van der Waals surface area contributed by atoms with Crippen LogP contribution in [0.4, 0.5) is 0 Å². The van der Waals surface area contributed by atoms with Gasteiger partial charge in [0.15, 0.2) is 0 Å². The largest absolute Gasteiger partial charge is 0.324 e. The molecule has 1 aromatic rings. The van der Waals surface area contributed by atoms with Crippen molar-refractivity contribution in [1.82, 2.24) is 0 Å². The lowest BCUT2D eigenvalue weighted by molar-refractivity contribution is 0.815. The molecular formula is C11H14N2. The molecule has 0 bridgehead atoms. The van der Waals surface area contributed by atoms with Gasteiger partial charge in [-0.2, -0.15) is 5.26 Å². The van der Waals surface area contributed by atoms with Gasteiger partial charge < -0.3 is 5.73 Å². The van der Waals surface area contributed by atoms with Gasteiger partial charge in [0, 0.05) is 6.04 Å². The van der Waals surface area contributed by atoms with Crippen molar-refractivity contribution >= 4 is 0 Å². The van der Waals surface area contributed by atoms with Gasteiger partial charge in [0.2, 0.25) is 0 Å². The van der Waals surface area contributed by atoms with Crippen molar-refractivity contribution in [3.05, 3.63) is 34.4 Å². The maximum Gasteiger partial charge on any atom is 0.0994 e. The van der Waals surface area contributed by atoms with Gasteiger partial charge >= 0.3 is 0 Å². The second-order valence-electron chi connectivity index (χ2n) is 3.41. The summed E-state index contributed by atoms with van der Waals surface area (Å²) in [7, 11) is 0. The van der Waals surface area contributed by atoms with Crippen LogP contribution in [0.15, 0.2) is 12.1 Å². The zero-order valence-electron chi connectivity index (χ0n) is 8.26. The van der Waals surface area contributed by atoms with Crippen LogP contribution in [-0.2, 0) is 0 Å². The second kappa shape index (κ2) is 3.59. The van der Waals surface area contributed by atoms with Crippen LogP contribution in [0.3, 0.4) is 0 Å². The molecule has 1 atom stereocenters. The quantitative estimate of drug-likeness (QED) is 0.709. The predicted octanol–water partition coefficient (Wildman–Crippen LogP) is 2.19. The average Bonchev–Trinajstić information content (AvgIpc) is 2.09. The van der Waals surface area contributed by atoms with Crippen molar-refractivity contribution in [2.75, 3.05) is 0 Å². The third-order valence-electron chi connectivity index (χ3n) is 2.34. The second-order valence-corrected chi connectivity index (χ2v) is 3.41. The first-order chi connectivity index (χ1) is 6.06. The number of hydrogen-bond donors (Lipinski definition) is 1. The Morgan fingerprint density at radius 1 is 1.38 bits per heavy atom. The molecule has 1 rings (SSSR count). The fourth-order valence-electron chi connectivity index (χ4n) is 1.27. The van der Waals surface area contributed by atoms with Gasteiger partial charge in [0.05, 0.1) is 11.6 Å². The molecule has 2 heteroatoms. The summed E-state index contributed by atoms with van der Waals surface area (Å²) in [6.45, 7) is 5.88. The Hall–Kier alpha value is -1.33. The van der Waals surface area contributed by atoms with Crippen LogP contribution in [0, 0.1) is 25.2 Å². The topological polar surface area (TPSA) is 49.8 Å². The highest BCUT2D eigenvalue weighted by Crippen LogP contribution is 2.19. The average molecular weight is 174 g/mol. The third kappa shape index (κ3) is 1.88. The van der Waals surface area contributed by atoms with Crippen LogP contribution in [0.1, 0.15) is 35.2 Å². The van der Waals surface area contributed by atoms with E-state index in [1.165, 1.54) is 0 Å². The first kappa shape index (κ1) is 9.76. The summed E-state index contributed by atoms with van der Waals surface area (Å²) >= 11 is 0. The van der Waals surface area contributed by atoms with Gasteiger partial charge in [-0.05, 0) is 43.5 Å². The summed E-state index contributed by atoms with van der Waals surface area (Å²) in [4.78, 5) is 0. The first-order valence-electron chi connectivity index (χ1n) is 4.33. The molecule has 0 aliphatic carbocycles. The monoisotopic (exact) mass is 174 g/mol. The van der Waals surface area contributed by atoms with E-state index in [0.29, 0.717) is 0 Å². The number of rotatable bonds is 1. The van der Waals surface area contributed by atoms with Gasteiger partial charge in [0.1, 0.15) is 0 Å². The highest BCUT2D eigenvalue weighted by molar-refractivity contribution is 5.45. The Morgan fingerprint density at radius 2 is 2.00 bits per heavy atom. The molecule has 0 aliphatic heterocycles. The molecule has 0 fully saturated rings. The Balaban J connectivity index is 3.32. The molecular weight excluding hydrogens is 160 g/mol. The standard InChI is InChI=1S/C11H14N2/c1-7-4-10(9(3)13)5-11(6-12)8(7)2/h4-5,9H,13H2,1-3H3. The predicted molar refractivity (Wildman–Crippen MR) is 53.2 cm³/mol. The summed E-state index contributed by atoms with van der Waals surface area (Å²) in [5.74, 6) is 0. The first-order valence-corrected chi connectivity index (χ1v) is 4.33. The fourth-order valence-corrected chi connectivity index (χ4v) is 1.27. The minimum absolute atomic E-state index is 0.00796. The van der Waals surface area contributed by atoms with Crippen molar-refractivity contribution in [3.8, 4) is 6.07 Å². The third-order valence-corrected chi connectivity index (χ3v) is 2.34. The van der Waals surface area contributed by atoms with Crippen molar-refractivity contribution in [3.63, 3.8) is 0 Å². The summed E-state index contributed by atoms with van der Waals surface area (Å²) in [6.07, 6.45) is 0. The van der Waals surface area contributed by atoms with Gasteiger partial charge in [-0.3, -0.25) is 0 Å². The zero-order chi connectivity index (χ0) is 10.0. The van der Waals surface area contributed by atoms with E-state index < -0.39 is 0 Å². The molecule has 0 aliphatic rings. The van der Waals surface area contributed by atoms with E-state index in [2.05, 4.69) is 6.07 Å². The Morgan fingerprint density at radius 3 is 2.46 bits per heavy atom. The summed E-state index contributed by atoms with van der Waals surface area (Å²) in [5.41, 5.74) is 9.68. The molecule has 2 nitrogen and oxygen atoms in total. The van der Waals surface area contributed by atoms with E-state index in [4.69, 9.17) is 11.0 Å². The van der Waals surface area contributed by atoms with Gasteiger partial charge in [-0.1, -0.05) is 6.07 Å². The van der Waals surface area contributed by atoms with Crippen molar-refractivity contribution < 1.29 is 0 Å². The minimum Gasteiger partial charge on any atom is -0.324 e. The molecule has 0 amide bonds. The van der Waals surface area contributed by atoms with Crippen LogP contribution < -0.4 is 5.73 Å². The Bertz CT molecular complexity index is 359. The van der Waals surface area contributed by atoms with Gasteiger partial charge in [0.25, 0.3) is 0 Å². The molecule has 0 radical (unpaired) electrons. The normalized spacial score (nSPS) is 12.2. The SMILES string of the molecule is Cc1cc(C(C)N)cc(C#N)c1C. The number of nitrogens with zero attached hydrogens (tertiary/aromatic N) is 1. The Labute approximate surface area is 79.0 Å². The molecule has 2 N–H and O–H groups in total. The molecule has 13 heavy (non-hydrogen) atoms. The van der Waals surface area contributed by atoms with E-state index >= 15 is 0 Å². The number of nitrogens with two attached hydrogens (primary N) is 1. The maximum atomic E-state index is 8.86. The summed E-state index contributed by atoms with van der Waals surface area (Å²) < 4.78 is 0. The van der Waals surface area contributed by atoms with Gasteiger partial charge in [-0.25, -0.2) is 0 Å². The minimum atomic E-state index is -0.00796. The van der Waals surface area contributed by atoms with E-state index in [-0.39, 0.29) is 6.04 Å². The zero-order valence-corrected chi connectivity index (χ0v) is 8.26. The highest BCUT2D eigenvalue weighted by Gasteiger charge is 2.06. The molecule has 0 aromatic heterocycles. The van der Waals surface area contributed by atoms with Crippen molar-refractivity contribution in [2.45, 2.75) is 26.8 Å². The Kier molecular flexibility index (Phi) is 2.69. The highest BCUT2D eigenvalue weighted by atomic mass is 14.6. The molecule has 68 valence electrons.